The predicted molar refractivity (Wildman–Crippen MR) is 199 cm³/mol. The number of likely N-dealkylation sites (tertiary alicyclic amines) is 2. The molecule has 258 valence electrons. The Labute approximate surface area is 294 Å². The van der Waals surface area contributed by atoms with E-state index in [1.54, 1.807) is 0 Å². The van der Waals surface area contributed by atoms with Crippen molar-refractivity contribution in [1.29, 1.82) is 0 Å². The zero-order valence-corrected chi connectivity index (χ0v) is 30.1. The van der Waals surface area contributed by atoms with Crippen molar-refractivity contribution in [2.24, 2.45) is 0 Å². The Morgan fingerprint density at radius 3 is 2.41 bits per heavy atom. The van der Waals surface area contributed by atoms with Crippen molar-refractivity contribution in [2.75, 3.05) is 38.5 Å². The van der Waals surface area contributed by atoms with Gasteiger partial charge < -0.3 is 19.5 Å². The van der Waals surface area contributed by atoms with Crippen molar-refractivity contribution in [3.05, 3.63) is 89.0 Å². The van der Waals surface area contributed by atoms with E-state index in [4.69, 9.17) is 9.72 Å². The third-order valence-corrected chi connectivity index (χ3v) is 12.1. The highest BCUT2D eigenvalue weighted by Crippen LogP contribution is 2.46. The van der Waals surface area contributed by atoms with Gasteiger partial charge in [-0.25, -0.2) is 4.98 Å². The van der Waals surface area contributed by atoms with Crippen LogP contribution in [0.2, 0.25) is 0 Å². The second-order valence-corrected chi connectivity index (χ2v) is 15.8. The summed E-state index contributed by atoms with van der Waals surface area (Å²) in [4.78, 5) is 26.1. The molecule has 7 rings (SSSR count). The normalized spacial score (nSPS) is 19.1. The summed E-state index contributed by atoms with van der Waals surface area (Å²) in [7, 11) is 0. The van der Waals surface area contributed by atoms with E-state index in [0.29, 0.717) is 46.7 Å². The molecular formula is C41H50N4O3S. The highest BCUT2D eigenvalue weighted by Gasteiger charge is 2.46. The van der Waals surface area contributed by atoms with Gasteiger partial charge in [0.1, 0.15) is 5.75 Å². The Morgan fingerprint density at radius 2 is 1.73 bits per heavy atom. The number of ether oxygens (including phenoxy) is 1. The van der Waals surface area contributed by atoms with Gasteiger partial charge in [-0.05, 0) is 108 Å². The van der Waals surface area contributed by atoms with Crippen molar-refractivity contribution in [1.82, 2.24) is 20.1 Å². The van der Waals surface area contributed by atoms with Gasteiger partial charge in [0.25, 0.3) is 5.91 Å². The van der Waals surface area contributed by atoms with E-state index in [-0.39, 0.29) is 11.4 Å². The molecular weight excluding hydrogens is 629 g/mol. The maximum Gasteiger partial charge on any atom is 0.253 e. The van der Waals surface area contributed by atoms with Crippen molar-refractivity contribution in [2.45, 2.75) is 88.7 Å². The van der Waals surface area contributed by atoms with Crippen LogP contribution in [0.1, 0.15) is 85.8 Å². The summed E-state index contributed by atoms with van der Waals surface area (Å²) in [5.74, 6) is 0.927. The maximum atomic E-state index is 14.9. The largest absolute Gasteiger partial charge is 0.611 e. The monoisotopic (exact) mass is 678 g/mol. The molecule has 1 atom stereocenters. The van der Waals surface area contributed by atoms with E-state index in [1.807, 2.05) is 44.2 Å². The molecule has 1 unspecified atom stereocenters. The summed E-state index contributed by atoms with van der Waals surface area (Å²) in [5, 5.41) is 4.25. The summed E-state index contributed by atoms with van der Waals surface area (Å²) >= 11 is -1.28. The molecule has 0 radical (unpaired) electrons. The number of carbonyl (C=O) groups excluding carboxylic acids is 1. The van der Waals surface area contributed by atoms with Gasteiger partial charge in [0, 0.05) is 41.2 Å². The Kier molecular flexibility index (Phi) is 10.3. The fourth-order valence-electron chi connectivity index (χ4n) is 7.95. The number of carbonyl (C=O) groups is 1. The van der Waals surface area contributed by atoms with Crippen LogP contribution in [0.4, 0.5) is 0 Å². The molecule has 1 N–H and O–H groups in total. The Balaban J connectivity index is 1.36. The van der Waals surface area contributed by atoms with E-state index >= 15 is 0 Å². The number of aromatic nitrogens is 1. The lowest BCUT2D eigenvalue weighted by atomic mass is 9.93. The van der Waals surface area contributed by atoms with Crippen LogP contribution in [0.15, 0.2) is 71.6 Å². The number of amides is 1. The highest BCUT2D eigenvalue weighted by atomic mass is 32.2. The number of nitrogens with zero attached hydrogens (tertiary/aromatic N) is 3. The number of hydrogen-bond donors (Lipinski definition) is 1. The number of nitrogens with one attached hydrogen (secondary N) is 1. The van der Waals surface area contributed by atoms with Gasteiger partial charge >= 0.3 is 0 Å². The fourth-order valence-corrected chi connectivity index (χ4v) is 8.86. The molecule has 49 heavy (non-hydrogen) atoms. The zero-order valence-electron chi connectivity index (χ0n) is 29.3. The number of aryl methyl sites for hydroxylation is 1. The van der Waals surface area contributed by atoms with Crippen LogP contribution in [-0.4, -0.2) is 69.8 Å². The van der Waals surface area contributed by atoms with Gasteiger partial charge in [-0.1, -0.05) is 60.5 Å². The number of benzene rings is 3. The molecule has 0 spiro atoms. The molecule has 4 aromatic rings. The number of pyridine rings is 1. The van der Waals surface area contributed by atoms with Crippen LogP contribution >= 0.6 is 0 Å². The molecule has 1 saturated carbocycles. The minimum atomic E-state index is -1.28. The van der Waals surface area contributed by atoms with Gasteiger partial charge in [0.15, 0.2) is 10.6 Å². The van der Waals surface area contributed by atoms with Crippen LogP contribution < -0.4 is 10.1 Å². The minimum Gasteiger partial charge on any atom is -0.611 e. The Bertz CT molecular complexity index is 1780. The summed E-state index contributed by atoms with van der Waals surface area (Å²) in [6.07, 6.45) is 8.03. The molecule has 1 amide bonds. The van der Waals surface area contributed by atoms with Crippen molar-refractivity contribution in [3.8, 4) is 17.0 Å². The smallest absolute Gasteiger partial charge is 0.253 e. The topological polar surface area (TPSA) is 80.8 Å². The highest BCUT2D eigenvalue weighted by molar-refractivity contribution is 7.91. The van der Waals surface area contributed by atoms with Crippen molar-refractivity contribution < 1.29 is 14.1 Å². The van der Waals surface area contributed by atoms with E-state index in [9.17, 15) is 9.35 Å². The third-order valence-electron chi connectivity index (χ3n) is 10.8. The zero-order chi connectivity index (χ0) is 34.0. The summed E-state index contributed by atoms with van der Waals surface area (Å²) < 4.78 is 19.5. The van der Waals surface area contributed by atoms with Gasteiger partial charge in [-0.2, -0.15) is 0 Å². The van der Waals surface area contributed by atoms with E-state index in [2.05, 4.69) is 58.4 Å². The first kappa shape index (κ1) is 34.0. The number of hydrogen-bond acceptors (Lipinski definition) is 6. The van der Waals surface area contributed by atoms with Gasteiger partial charge in [0.2, 0.25) is 0 Å². The third kappa shape index (κ3) is 7.25. The number of piperidine rings is 2. The van der Waals surface area contributed by atoms with E-state index in [1.165, 1.54) is 32.4 Å². The first-order valence-electron chi connectivity index (χ1n) is 18.3. The molecule has 0 bridgehead atoms. The molecule has 7 nitrogen and oxygen atoms in total. The lowest BCUT2D eigenvalue weighted by Crippen LogP contribution is -2.46. The summed E-state index contributed by atoms with van der Waals surface area (Å²) in [6, 6.07) is 23.2. The van der Waals surface area contributed by atoms with Gasteiger partial charge in [-0.15, -0.1) is 0 Å². The SMILES string of the molecule is CCOc1cc2nc(-c3cccc(C)c3)c(CN3CCC(N4CCCCC4)CC3)c(C(=O)NC3(c4ccccc4)CC3)c2cc1[S+]([O-])CC. The Hall–Kier alpha value is -3.43. The molecule has 3 aromatic carbocycles. The summed E-state index contributed by atoms with van der Waals surface area (Å²) in [6.45, 7) is 11.4. The van der Waals surface area contributed by atoms with Crippen LogP contribution in [0.3, 0.4) is 0 Å². The molecule has 3 fully saturated rings. The lowest BCUT2D eigenvalue weighted by Gasteiger charge is -2.40. The summed E-state index contributed by atoms with van der Waals surface area (Å²) in [5.41, 5.74) is 5.97. The van der Waals surface area contributed by atoms with Crippen molar-refractivity contribution in [3.63, 3.8) is 0 Å². The van der Waals surface area contributed by atoms with Crippen molar-refractivity contribution >= 4 is 28.0 Å². The fraction of sp³-hybridized carbons (Fsp3) is 0.463. The van der Waals surface area contributed by atoms with Crippen LogP contribution in [-0.2, 0) is 23.3 Å². The van der Waals surface area contributed by atoms with Crippen LogP contribution in [0.25, 0.3) is 22.2 Å². The molecule has 2 aliphatic heterocycles. The Morgan fingerprint density at radius 1 is 0.980 bits per heavy atom. The molecule has 1 aliphatic carbocycles. The molecule has 3 aliphatic rings. The number of fused-ring (bicyclic) bond motifs is 1. The minimum absolute atomic E-state index is 0.0988. The first-order chi connectivity index (χ1) is 23.9. The lowest BCUT2D eigenvalue weighted by molar-refractivity contribution is 0.0881. The number of rotatable bonds is 11. The average molecular weight is 679 g/mol. The second kappa shape index (κ2) is 14.8. The first-order valence-corrected chi connectivity index (χ1v) is 19.6. The molecule has 1 aromatic heterocycles. The quantitative estimate of drug-likeness (QED) is 0.165. The van der Waals surface area contributed by atoms with Crippen LogP contribution in [0, 0.1) is 6.92 Å². The molecule has 8 heteroatoms. The van der Waals surface area contributed by atoms with E-state index < -0.39 is 11.2 Å². The second-order valence-electron chi connectivity index (χ2n) is 14.1. The predicted octanol–water partition coefficient (Wildman–Crippen LogP) is 7.61. The molecule has 2 saturated heterocycles. The van der Waals surface area contributed by atoms with Crippen LogP contribution in [0.5, 0.6) is 5.75 Å². The standard InChI is InChI=1S/C41H50N4O3S/c1-4-48-36-27-35-33(26-37(36)49(47)5-2)38(40(46)43-41(19-20-41)31-15-8-6-9-16-31)34(39(42-35)30-14-12-13-29(3)25-30)28-44-23-17-32(18-24-44)45-21-10-7-11-22-45/h6,8-9,12-16,25-27,32H,4-5,7,10-11,17-24,28H2,1-3H3,(H,43,46). The van der Waals surface area contributed by atoms with Gasteiger partial charge in [0.05, 0.1) is 28.9 Å². The van der Waals surface area contributed by atoms with E-state index in [0.717, 1.165) is 72.1 Å². The molecule has 3 heterocycles. The maximum absolute atomic E-state index is 14.9. The van der Waals surface area contributed by atoms with Gasteiger partial charge in [-0.3, -0.25) is 9.69 Å². The average Bonchev–Trinajstić information content (AvgIpc) is 3.92.